The molecule has 0 spiro atoms. The molecule has 0 aromatic heterocycles. The first-order valence-corrected chi connectivity index (χ1v) is 8.87. The Labute approximate surface area is 161 Å². The molecule has 0 aliphatic carbocycles. The fourth-order valence-corrected chi connectivity index (χ4v) is 2.54. The lowest BCUT2D eigenvalue weighted by atomic mass is 10.2. The number of esters is 1. The van der Waals surface area contributed by atoms with Crippen LogP contribution in [0.3, 0.4) is 0 Å². The minimum absolute atomic E-state index is 0.308. The fourth-order valence-electron chi connectivity index (χ4n) is 2.12. The SMILES string of the molecule is CN(C)c1ccc(CNC(=O)COC(=O)/C=C/c2cccc(Br)c2)cc1. The smallest absolute Gasteiger partial charge is 0.331 e. The topological polar surface area (TPSA) is 58.6 Å². The molecule has 2 aromatic rings. The maximum Gasteiger partial charge on any atom is 0.331 e. The second kappa shape index (κ2) is 9.77. The normalized spacial score (nSPS) is 10.6. The van der Waals surface area contributed by atoms with E-state index in [-0.39, 0.29) is 12.5 Å². The minimum Gasteiger partial charge on any atom is -0.452 e. The van der Waals surface area contributed by atoms with Gasteiger partial charge in [0.05, 0.1) is 0 Å². The number of anilines is 1. The molecule has 2 rings (SSSR count). The second-order valence-corrected chi connectivity index (χ2v) is 6.75. The van der Waals surface area contributed by atoms with Crippen molar-refractivity contribution >= 4 is 39.6 Å². The molecule has 136 valence electrons. The van der Waals surface area contributed by atoms with Gasteiger partial charge in [-0.3, -0.25) is 4.79 Å². The van der Waals surface area contributed by atoms with Crippen LogP contribution in [-0.2, 0) is 20.9 Å². The average Bonchev–Trinajstić information content (AvgIpc) is 2.63. The van der Waals surface area contributed by atoms with Gasteiger partial charge >= 0.3 is 5.97 Å². The van der Waals surface area contributed by atoms with Gasteiger partial charge in [-0.15, -0.1) is 0 Å². The fraction of sp³-hybridized carbons (Fsp3) is 0.200. The number of nitrogens with one attached hydrogen (secondary N) is 1. The number of rotatable bonds is 7. The Morgan fingerprint density at radius 2 is 1.88 bits per heavy atom. The first-order chi connectivity index (χ1) is 12.4. The predicted molar refractivity (Wildman–Crippen MR) is 107 cm³/mol. The third-order valence-corrected chi connectivity index (χ3v) is 4.04. The summed E-state index contributed by atoms with van der Waals surface area (Å²) in [5.74, 6) is -0.902. The van der Waals surface area contributed by atoms with Crippen LogP contribution in [0, 0.1) is 0 Å². The number of ether oxygens (including phenoxy) is 1. The maximum absolute atomic E-state index is 11.8. The highest BCUT2D eigenvalue weighted by Gasteiger charge is 2.05. The predicted octanol–water partition coefficient (Wildman–Crippen LogP) is 3.39. The summed E-state index contributed by atoms with van der Waals surface area (Å²) < 4.78 is 5.86. The molecule has 0 aliphatic rings. The van der Waals surface area contributed by atoms with Gasteiger partial charge in [-0.05, 0) is 41.5 Å². The Kier molecular flexibility index (Phi) is 7.41. The Morgan fingerprint density at radius 1 is 1.15 bits per heavy atom. The van der Waals surface area contributed by atoms with Crippen LogP contribution in [0.15, 0.2) is 59.1 Å². The van der Waals surface area contributed by atoms with Crippen LogP contribution in [0.5, 0.6) is 0 Å². The van der Waals surface area contributed by atoms with Crippen molar-refractivity contribution in [2.45, 2.75) is 6.54 Å². The summed E-state index contributed by atoms with van der Waals surface area (Å²) in [4.78, 5) is 25.5. The lowest BCUT2D eigenvalue weighted by Crippen LogP contribution is -2.28. The van der Waals surface area contributed by atoms with Gasteiger partial charge < -0.3 is 15.0 Å². The number of nitrogens with zero attached hydrogens (tertiary/aromatic N) is 1. The summed E-state index contributed by atoms with van der Waals surface area (Å²) in [5, 5.41) is 2.72. The van der Waals surface area contributed by atoms with Gasteiger partial charge in [-0.1, -0.05) is 40.2 Å². The zero-order chi connectivity index (χ0) is 18.9. The Bertz CT molecular complexity index is 786. The number of halogens is 1. The highest BCUT2D eigenvalue weighted by atomic mass is 79.9. The lowest BCUT2D eigenvalue weighted by molar-refractivity contribution is -0.143. The molecular formula is C20H21BrN2O3. The van der Waals surface area contributed by atoms with Crippen molar-refractivity contribution in [2.24, 2.45) is 0 Å². The van der Waals surface area contributed by atoms with E-state index in [1.54, 1.807) is 6.08 Å². The molecule has 1 N–H and O–H groups in total. The van der Waals surface area contributed by atoms with E-state index in [9.17, 15) is 9.59 Å². The lowest BCUT2D eigenvalue weighted by Gasteiger charge is -2.12. The minimum atomic E-state index is -0.560. The molecule has 0 unspecified atom stereocenters. The second-order valence-electron chi connectivity index (χ2n) is 5.83. The van der Waals surface area contributed by atoms with Gasteiger partial charge in [0, 0.05) is 36.9 Å². The summed E-state index contributed by atoms with van der Waals surface area (Å²) in [6.45, 7) is 0.0788. The number of amides is 1. The van der Waals surface area contributed by atoms with Crippen LogP contribution in [0.25, 0.3) is 6.08 Å². The summed E-state index contributed by atoms with van der Waals surface area (Å²) >= 11 is 3.36. The third-order valence-electron chi connectivity index (χ3n) is 3.55. The number of hydrogen-bond donors (Lipinski definition) is 1. The van der Waals surface area contributed by atoms with E-state index in [1.807, 2.05) is 67.5 Å². The number of hydrogen-bond acceptors (Lipinski definition) is 4. The molecule has 0 saturated heterocycles. The first kappa shape index (κ1) is 19.7. The third kappa shape index (κ3) is 6.72. The summed E-state index contributed by atoms with van der Waals surface area (Å²) in [5.41, 5.74) is 2.93. The van der Waals surface area contributed by atoms with Crippen molar-refractivity contribution in [3.63, 3.8) is 0 Å². The van der Waals surface area contributed by atoms with Crippen LogP contribution in [0.1, 0.15) is 11.1 Å². The molecule has 0 atom stereocenters. The van der Waals surface area contributed by atoms with Gasteiger partial charge in [0.25, 0.3) is 5.91 Å². The van der Waals surface area contributed by atoms with Crippen LogP contribution in [0.2, 0.25) is 0 Å². The molecule has 0 heterocycles. The monoisotopic (exact) mass is 416 g/mol. The maximum atomic E-state index is 11.8. The Morgan fingerprint density at radius 3 is 2.54 bits per heavy atom. The van der Waals surface area contributed by atoms with E-state index in [2.05, 4.69) is 21.2 Å². The van der Waals surface area contributed by atoms with E-state index in [1.165, 1.54) is 6.08 Å². The van der Waals surface area contributed by atoms with Crippen molar-refractivity contribution in [1.82, 2.24) is 5.32 Å². The van der Waals surface area contributed by atoms with Crippen LogP contribution in [0.4, 0.5) is 5.69 Å². The van der Waals surface area contributed by atoms with Crippen molar-refractivity contribution in [1.29, 1.82) is 0 Å². The molecule has 0 radical (unpaired) electrons. The number of carbonyl (C=O) groups is 2. The first-order valence-electron chi connectivity index (χ1n) is 8.07. The van der Waals surface area contributed by atoms with E-state index in [0.717, 1.165) is 21.3 Å². The molecule has 0 saturated carbocycles. The molecular weight excluding hydrogens is 396 g/mol. The van der Waals surface area contributed by atoms with Crippen molar-refractivity contribution in [3.05, 3.63) is 70.2 Å². The van der Waals surface area contributed by atoms with Crippen molar-refractivity contribution in [3.8, 4) is 0 Å². The van der Waals surface area contributed by atoms with Crippen LogP contribution in [-0.4, -0.2) is 32.6 Å². The van der Waals surface area contributed by atoms with Crippen LogP contribution < -0.4 is 10.2 Å². The van der Waals surface area contributed by atoms with Crippen molar-refractivity contribution in [2.75, 3.05) is 25.6 Å². The quantitative estimate of drug-likeness (QED) is 0.555. The molecule has 6 heteroatoms. The standard InChI is InChI=1S/C20H21BrN2O3/c1-23(2)18-9-6-16(7-10-18)13-22-19(24)14-26-20(25)11-8-15-4-3-5-17(21)12-15/h3-12H,13-14H2,1-2H3,(H,22,24)/b11-8+. The van der Waals surface area contributed by atoms with E-state index in [4.69, 9.17) is 4.74 Å². The zero-order valence-electron chi connectivity index (χ0n) is 14.7. The molecule has 2 aromatic carbocycles. The van der Waals surface area contributed by atoms with Gasteiger partial charge in [0.15, 0.2) is 6.61 Å². The van der Waals surface area contributed by atoms with Crippen LogP contribution >= 0.6 is 15.9 Å². The summed E-state index contributed by atoms with van der Waals surface area (Å²) in [7, 11) is 3.94. The molecule has 0 bridgehead atoms. The van der Waals surface area contributed by atoms with Crippen molar-refractivity contribution < 1.29 is 14.3 Å². The molecule has 0 aliphatic heterocycles. The summed E-state index contributed by atoms with van der Waals surface area (Å²) in [6.07, 6.45) is 2.94. The summed E-state index contributed by atoms with van der Waals surface area (Å²) in [6, 6.07) is 15.4. The van der Waals surface area contributed by atoms with E-state index < -0.39 is 5.97 Å². The highest BCUT2D eigenvalue weighted by Crippen LogP contribution is 2.13. The Balaban J connectivity index is 1.73. The highest BCUT2D eigenvalue weighted by molar-refractivity contribution is 9.10. The number of benzene rings is 2. The largest absolute Gasteiger partial charge is 0.452 e. The number of carbonyl (C=O) groups excluding carboxylic acids is 2. The van der Waals surface area contributed by atoms with E-state index >= 15 is 0 Å². The molecule has 26 heavy (non-hydrogen) atoms. The Hall–Kier alpha value is -2.60. The van der Waals surface area contributed by atoms with Gasteiger partial charge in [-0.25, -0.2) is 4.79 Å². The molecule has 5 nitrogen and oxygen atoms in total. The van der Waals surface area contributed by atoms with Gasteiger partial charge in [-0.2, -0.15) is 0 Å². The molecule has 1 amide bonds. The molecule has 0 fully saturated rings. The van der Waals surface area contributed by atoms with E-state index in [0.29, 0.717) is 6.54 Å². The zero-order valence-corrected chi connectivity index (χ0v) is 16.3. The van der Waals surface area contributed by atoms with Gasteiger partial charge in [0.2, 0.25) is 0 Å². The van der Waals surface area contributed by atoms with Gasteiger partial charge in [0.1, 0.15) is 0 Å². The average molecular weight is 417 g/mol.